The highest BCUT2D eigenvalue weighted by atomic mass is 32.2. The molecule has 5 heteroatoms. The fourth-order valence-corrected chi connectivity index (χ4v) is 3.22. The van der Waals surface area contributed by atoms with Gasteiger partial charge in [0.05, 0.1) is 5.75 Å². The first-order chi connectivity index (χ1) is 7.64. The van der Waals surface area contributed by atoms with Crippen molar-refractivity contribution in [3.05, 3.63) is 0 Å². The van der Waals surface area contributed by atoms with Gasteiger partial charge in [-0.25, -0.2) is 13.1 Å². The molecule has 16 heavy (non-hydrogen) atoms. The van der Waals surface area contributed by atoms with Crippen LogP contribution in [0.3, 0.4) is 0 Å². The monoisotopic (exact) mass is 248 g/mol. The van der Waals surface area contributed by atoms with Gasteiger partial charge in [-0.05, 0) is 38.3 Å². The van der Waals surface area contributed by atoms with Crippen molar-refractivity contribution in [2.45, 2.75) is 39.0 Å². The van der Waals surface area contributed by atoms with E-state index in [1.54, 1.807) is 0 Å². The van der Waals surface area contributed by atoms with Crippen LogP contribution in [0, 0.1) is 5.92 Å². The Morgan fingerprint density at radius 1 is 1.38 bits per heavy atom. The molecule has 1 rings (SSSR count). The zero-order valence-corrected chi connectivity index (χ0v) is 11.0. The molecule has 0 aromatic carbocycles. The molecule has 0 saturated carbocycles. The summed E-state index contributed by atoms with van der Waals surface area (Å²) in [6.07, 6.45) is 5.21. The van der Waals surface area contributed by atoms with Crippen molar-refractivity contribution >= 4 is 10.0 Å². The molecule has 2 N–H and O–H groups in total. The van der Waals surface area contributed by atoms with Gasteiger partial charge in [-0.1, -0.05) is 19.8 Å². The van der Waals surface area contributed by atoms with Crippen LogP contribution in [0.1, 0.15) is 39.0 Å². The minimum absolute atomic E-state index is 0.268. The SMILES string of the molecule is CCCCS(=O)(=O)NCC1CCCCNC1. The second-order valence-electron chi connectivity index (χ2n) is 4.59. The van der Waals surface area contributed by atoms with Crippen LogP contribution < -0.4 is 10.0 Å². The van der Waals surface area contributed by atoms with E-state index in [0.29, 0.717) is 12.5 Å². The maximum Gasteiger partial charge on any atom is 0.211 e. The van der Waals surface area contributed by atoms with Crippen molar-refractivity contribution in [1.29, 1.82) is 0 Å². The van der Waals surface area contributed by atoms with E-state index in [9.17, 15) is 8.42 Å². The highest BCUT2D eigenvalue weighted by Crippen LogP contribution is 2.10. The first-order valence-electron chi connectivity index (χ1n) is 6.32. The predicted molar refractivity (Wildman–Crippen MR) is 66.9 cm³/mol. The summed E-state index contributed by atoms with van der Waals surface area (Å²) in [5.74, 6) is 0.725. The second kappa shape index (κ2) is 7.25. The van der Waals surface area contributed by atoms with Crippen LogP contribution >= 0.6 is 0 Å². The summed E-state index contributed by atoms with van der Waals surface area (Å²) in [5.41, 5.74) is 0. The fraction of sp³-hybridized carbons (Fsp3) is 1.00. The van der Waals surface area contributed by atoms with E-state index in [2.05, 4.69) is 10.0 Å². The Kier molecular flexibility index (Phi) is 6.31. The molecule has 96 valence electrons. The average molecular weight is 248 g/mol. The molecule has 4 nitrogen and oxygen atoms in total. The maximum absolute atomic E-state index is 11.6. The summed E-state index contributed by atoms with van der Waals surface area (Å²) in [6, 6.07) is 0. The van der Waals surface area contributed by atoms with E-state index in [4.69, 9.17) is 0 Å². The second-order valence-corrected chi connectivity index (χ2v) is 6.51. The molecule has 0 amide bonds. The van der Waals surface area contributed by atoms with Gasteiger partial charge in [0.1, 0.15) is 0 Å². The van der Waals surface area contributed by atoms with Gasteiger partial charge in [-0.3, -0.25) is 0 Å². The largest absolute Gasteiger partial charge is 0.316 e. The molecule has 1 aliphatic rings. The lowest BCUT2D eigenvalue weighted by molar-refractivity contribution is 0.468. The molecule has 0 radical (unpaired) electrons. The normalized spacial score (nSPS) is 22.9. The van der Waals surface area contributed by atoms with Crippen molar-refractivity contribution in [3.8, 4) is 0 Å². The molecule has 0 aliphatic carbocycles. The van der Waals surface area contributed by atoms with E-state index in [-0.39, 0.29) is 5.75 Å². The number of unbranched alkanes of at least 4 members (excludes halogenated alkanes) is 1. The number of rotatable bonds is 6. The van der Waals surface area contributed by atoms with Gasteiger partial charge < -0.3 is 5.32 Å². The molecule has 1 saturated heterocycles. The predicted octanol–water partition coefficient (Wildman–Crippen LogP) is 1.10. The number of sulfonamides is 1. The summed E-state index contributed by atoms with van der Waals surface area (Å²) in [7, 11) is -3.03. The van der Waals surface area contributed by atoms with Crippen LogP contribution in [0.4, 0.5) is 0 Å². The molecule has 0 spiro atoms. The fourth-order valence-electron chi connectivity index (χ4n) is 1.92. The number of hydrogen-bond acceptors (Lipinski definition) is 3. The molecular weight excluding hydrogens is 224 g/mol. The Morgan fingerprint density at radius 2 is 2.19 bits per heavy atom. The standard InChI is InChI=1S/C11H24N2O2S/c1-2-3-8-16(14,15)13-10-11-6-4-5-7-12-9-11/h11-13H,2-10H2,1H3. The van der Waals surface area contributed by atoms with E-state index in [1.165, 1.54) is 12.8 Å². The van der Waals surface area contributed by atoms with Crippen molar-refractivity contribution in [2.24, 2.45) is 5.92 Å². The maximum atomic E-state index is 11.6. The highest BCUT2D eigenvalue weighted by molar-refractivity contribution is 7.89. The highest BCUT2D eigenvalue weighted by Gasteiger charge is 2.15. The smallest absolute Gasteiger partial charge is 0.211 e. The number of nitrogens with one attached hydrogen (secondary N) is 2. The van der Waals surface area contributed by atoms with Gasteiger partial charge >= 0.3 is 0 Å². The van der Waals surface area contributed by atoms with Crippen molar-refractivity contribution in [3.63, 3.8) is 0 Å². The summed E-state index contributed by atoms with van der Waals surface area (Å²) < 4.78 is 25.9. The Morgan fingerprint density at radius 3 is 2.94 bits per heavy atom. The summed E-state index contributed by atoms with van der Waals surface area (Å²) in [4.78, 5) is 0. The first kappa shape index (κ1) is 13.9. The third-order valence-corrected chi connectivity index (χ3v) is 4.44. The molecular formula is C11H24N2O2S. The lowest BCUT2D eigenvalue weighted by Gasteiger charge is -2.15. The van der Waals surface area contributed by atoms with Gasteiger partial charge in [0, 0.05) is 6.54 Å². The van der Waals surface area contributed by atoms with Gasteiger partial charge in [0.15, 0.2) is 0 Å². The Balaban J connectivity index is 2.26. The van der Waals surface area contributed by atoms with Crippen LogP contribution in [-0.2, 0) is 10.0 Å². The third kappa shape index (κ3) is 5.82. The quantitative estimate of drug-likeness (QED) is 0.740. The van der Waals surface area contributed by atoms with Gasteiger partial charge in [0.25, 0.3) is 0 Å². The van der Waals surface area contributed by atoms with E-state index in [0.717, 1.165) is 32.4 Å². The van der Waals surface area contributed by atoms with Crippen molar-refractivity contribution in [1.82, 2.24) is 10.0 Å². The average Bonchev–Trinajstić information content (AvgIpc) is 2.52. The van der Waals surface area contributed by atoms with Crippen LogP contribution in [-0.4, -0.2) is 33.8 Å². The Hall–Kier alpha value is -0.130. The lowest BCUT2D eigenvalue weighted by Crippen LogP contribution is -2.34. The molecule has 1 atom stereocenters. The summed E-state index contributed by atoms with van der Waals surface area (Å²) in [6.45, 7) is 4.61. The van der Waals surface area contributed by atoms with Crippen LogP contribution in [0.25, 0.3) is 0 Å². The Labute approximate surface area is 99.2 Å². The summed E-state index contributed by atoms with van der Waals surface area (Å²) in [5, 5.41) is 3.34. The molecule has 1 aliphatic heterocycles. The minimum Gasteiger partial charge on any atom is -0.316 e. The Bertz CT molecular complexity index is 270. The topological polar surface area (TPSA) is 58.2 Å². The van der Waals surface area contributed by atoms with E-state index in [1.807, 2.05) is 6.92 Å². The molecule has 1 heterocycles. The van der Waals surface area contributed by atoms with Gasteiger partial charge in [-0.2, -0.15) is 0 Å². The van der Waals surface area contributed by atoms with Crippen molar-refractivity contribution in [2.75, 3.05) is 25.4 Å². The third-order valence-electron chi connectivity index (χ3n) is 3.01. The zero-order chi connectivity index (χ0) is 11.9. The minimum atomic E-state index is -3.03. The van der Waals surface area contributed by atoms with Crippen LogP contribution in [0.2, 0.25) is 0 Å². The molecule has 0 aromatic heterocycles. The lowest BCUT2D eigenvalue weighted by atomic mass is 10.0. The summed E-state index contributed by atoms with van der Waals surface area (Å²) >= 11 is 0. The van der Waals surface area contributed by atoms with E-state index >= 15 is 0 Å². The molecule has 1 unspecified atom stereocenters. The van der Waals surface area contributed by atoms with Crippen LogP contribution in [0.5, 0.6) is 0 Å². The van der Waals surface area contributed by atoms with E-state index < -0.39 is 10.0 Å². The molecule has 0 aromatic rings. The first-order valence-corrected chi connectivity index (χ1v) is 7.97. The van der Waals surface area contributed by atoms with Gasteiger partial charge in [-0.15, -0.1) is 0 Å². The van der Waals surface area contributed by atoms with Crippen molar-refractivity contribution < 1.29 is 8.42 Å². The van der Waals surface area contributed by atoms with Crippen LogP contribution in [0.15, 0.2) is 0 Å². The molecule has 1 fully saturated rings. The molecule has 0 bridgehead atoms. The number of hydrogen-bond donors (Lipinski definition) is 2. The van der Waals surface area contributed by atoms with Gasteiger partial charge in [0.2, 0.25) is 10.0 Å². The zero-order valence-electron chi connectivity index (χ0n) is 10.2.